The Morgan fingerprint density at radius 1 is 0.889 bits per heavy atom. The van der Waals surface area contributed by atoms with Gasteiger partial charge >= 0.3 is 11.9 Å². The number of carbonyl (C=O) groups excluding carboxylic acids is 3. The summed E-state index contributed by atoms with van der Waals surface area (Å²) >= 11 is 0. The van der Waals surface area contributed by atoms with Crippen LogP contribution in [-0.4, -0.2) is 36.3 Å². The van der Waals surface area contributed by atoms with Gasteiger partial charge in [-0.25, -0.2) is 9.59 Å². The first-order chi connectivity index (χ1) is 17.2. The van der Waals surface area contributed by atoms with Crippen LogP contribution in [0.3, 0.4) is 0 Å². The molecule has 0 aliphatic heterocycles. The van der Waals surface area contributed by atoms with Gasteiger partial charge in [-0.05, 0) is 74.0 Å². The van der Waals surface area contributed by atoms with Gasteiger partial charge in [0.1, 0.15) is 18.2 Å². The first kappa shape index (κ1) is 25.9. The molecule has 8 nitrogen and oxygen atoms in total. The highest BCUT2D eigenvalue weighted by atomic mass is 16.5. The summed E-state index contributed by atoms with van der Waals surface area (Å²) in [6, 6.07) is 21.2. The predicted molar refractivity (Wildman–Crippen MR) is 137 cm³/mol. The Balaban J connectivity index is 1.51. The molecule has 3 aromatic carbocycles. The van der Waals surface area contributed by atoms with E-state index in [-0.39, 0.29) is 24.4 Å². The summed E-state index contributed by atoms with van der Waals surface area (Å²) in [4.78, 5) is 36.9. The second kappa shape index (κ2) is 12.1. The van der Waals surface area contributed by atoms with Crippen molar-refractivity contribution in [2.75, 3.05) is 6.61 Å². The molecule has 0 saturated carbocycles. The predicted octanol–water partition coefficient (Wildman–Crippen LogP) is 3.95. The number of ether oxygens (including phenoxy) is 2. The molecule has 184 valence electrons. The Morgan fingerprint density at radius 3 is 2.08 bits per heavy atom. The number of carbonyl (C=O) groups is 3. The Hall–Kier alpha value is -4.72. The van der Waals surface area contributed by atoms with Crippen LogP contribution in [0, 0.1) is 5.41 Å². The van der Waals surface area contributed by atoms with Crippen LogP contribution in [0.25, 0.3) is 6.08 Å². The van der Waals surface area contributed by atoms with Crippen molar-refractivity contribution in [2.24, 2.45) is 5.73 Å². The number of nitrogen functional groups attached to an aromatic ring is 1. The van der Waals surface area contributed by atoms with Gasteiger partial charge < -0.3 is 20.5 Å². The van der Waals surface area contributed by atoms with Gasteiger partial charge in [-0.15, -0.1) is 0 Å². The number of nitrogens with one attached hydrogen (secondary N) is 2. The minimum atomic E-state index is -0.533. The van der Waals surface area contributed by atoms with Crippen molar-refractivity contribution >= 4 is 29.8 Å². The number of benzene rings is 3. The van der Waals surface area contributed by atoms with Crippen LogP contribution in [0.4, 0.5) is 0 Å². The Morgan fingerprint density at radius 2 is 1.47 bits per heavy atom. The van der Waals surface area contributed by atoms with Gasteiger partial charge in [0.05, 0.1) is 17.2 Å². The molecule has 0 aliphatic carbocycles. The maximum absolute atomic E-state index is 12.5. The molecule has 1 atom stereocenters. The van der Waals surface area contributed by atoms with E-state index >= 15 is 0 Å². The molecule has 3 aromatic rings. The number of hydrogen-bond donors (Lipinski definition) is 3. The lowest BCUT2D eigenvalue weighted by Crippen LogP contribution is -2.36. The van der Waals surface area contributed by atoms with Crippen LogP contribution in [0.15, 0.2) is 84.4 Å². The fraction of sp³-hybridized carbons (Fsp3) is 0.143. The molecular formula is C28H27N3O5. The third-order valence-electron chi connectivity index (χ3n) is 5.11. The topological polar surface area (TPSA) is 132 Å². The monoisotopic (exact) mass is 485 g/mol. The first-order valence-corrected chi connectivity index (χ1v) is 11.2. The smallest absolute Gasteiger partial charge is 0.343 e. The maximum Gasteiger partial charge on any atom is 0.343 e. The van der Waals surface area contributed by atoms with Crippen LogP contribution >= 0.6 is 0 Å². The summed E-state index contributed by atoms with van der Waals surface area (Å²) in [5.74, 6) is -1.01. The average Bonchev–Trinajstić information content (AvgIpc) is 2.88. The van der Waals surface area contributed by atoms with Crippen molar-refractivity contribution in [3.05, 3.63) is 107 Å². The molecule has 0 saturated heterocycles. The average molecular weight is 486 g/mol. The molecule has 0 aliphatic rings. The maximum atomic E-state index is 12.5. The molecule has 36 heavy (non-hydrogen) atoms. The number of amidine groups is 1. The van der Waals surface area contributed by atoms with Gasteiger partial charge in [-0.2, -0.15) is 0 Å². The molecule has 3 rings (SSSR count). The van der Waals surface area contributed by atoms with Crippen LogP contribution in [0.2, 0.25) is 0 Å². The third-order valence-corrected chi connectivity index (χ3v) is 5.11. The molecule has 0 spiro atoms. The highest BCUT2D eigenvalue weighted by Gasteiger charge is 2.13. The molecule has 1 unspecified atom stereocenters. The zero-order valence-corrected chi connectivity index (χ0v) is 20.0. The molecule has 4 N–H and O–H groups in total. The van der Waals surface area contributed by atoms with Gasteiger partial charge in [-0.1, -0.05) is 30.3 Å². The molecular weight excluding hydrogens is 458 g/mol. The second-order valence-electron chi connectivity index (χ2n) is 8.12. The molecule has 0 aromatic heterocycles. The van der Waals surface area contributed by atoms with E-state index in [0.29, 0.717) is 28.0 Å². The highest BCUT2D eigenvalue weighted by molar-refractivity contribution is 5.98. The first-order valence-electron chi connectivity index (χ1n) is 11.2. The van der Waals surface area contributed by atoms with E-state index in [1.165, 1.54) is 0 Å². The van der Waals surface area contributed by atoms with Crippen molar-refractivity contribution in [3.63, 3.8) is 0 Å². The second-order valence-corrected chi connectivity index (χ2v) is 8.12. The number of hydrogen-bond acceptors (Lipinski definition) is 6. The minimum absolute atomic E-state index is 0.0427. The summed E-state index contributed by atoms with van der Waals surface area (Å²) in [6.07, 6.45) is 1.69. The quantitative estimate of drug-likeness (QED) is 0.138. The summed E-state index contributed by atoms with van der Waals surface area (Å²) in [6.45, 7) is 3.46. The normalized spacial score (nSPS) is 11.8. The summed E-state index contributed by atoms with van der Waals surface area (Å²) in [5.41, 5.74) is 7.94. The molecule has 8 heteroatoms. The van der Waals surface area contributed by atoms with E-state index < -0.39 is 11.9 Å². The zero-order valence-electron chi connectivity index (χ0n) is 20.0. The lowest BCUT2D eigenvalue weighted by Gasteiger charge is -2.14. The van der Waals surface area contributed by atoms with E-state index in [0.717, 1.165) is 5.56 Å². The van der Waals surface area contributed by atoms with Gasteiger partial charge in [0.15, 0.2) is 0 Å². The molecule has 0 radical (unpaired) electrons. The zero-order chi connectivity index (χ0) is 26.1. The van der Waals surface area contributed by atoms with Crippen LogP contribution in [-0.2, 0) is 9.53 Å². The third kappa shape index (κ3) is 7.39. The van der Waals surface area contributed by atoms with Gasteiger partial charge in [-0.3, -0.25) is 10.2 Å². The lowest BCUT2D eigenvalue weighted by atomic mass is 10.1. The van der Waals surface area contributed by atoms with Crippen molar-refractivity contribution in [3.8, 4) is 5.75 Å². The summed E-state index contributed by atoms with van der Waals surface area (Å²) in [5, 5.41) is 10.2. The van der Waals surface area contributed by atoms with Crippen molar-refractivity contribution < 1.29 is 23.9 Å². The van der Waals surface area contributed by atoms with Crippen molar-refractivity contribution in [1.29, 1.82) is 5.41 Å². The lowest BCUT2D eigenvalue weighted by molar-refractivity contribution is -0.118. The summed E-state index contributed by atoms with van der Waals surface area (Å²) in [7, 11) is 0. The van der Waals surface area contributed by atoms with Crippen molar-refractivity contribution in [1.82, 2.24) is 5.32 Å². The van der Waals surface area contributed by atoms with E-state index in [2.05, 4.69) is 5.32 Å². The number of amides is 1. The Kier molecular flexibility index (Phi) is 8.72. The molecule has 0 fully saturated rings. The molecule has 0 heterocycles. The number of rotatable bonds is 9. The van der Waals surface area contributed by atoms with Gasteiger partial charge in [0, 0.05) is 11.1 Å². The standard InChI is InChI=1S/C28H27N3O5/c1-18(26(32)31-19(2)17-35-27(33)22-6-4-3-5-7-22)16-20-8-10-23(11-9-20)28(34)36-24-14-12-21(13-15-24)25(29)30/h3-16,19H,17H2,1-2H3,(H3,29,30)(H,31,32)/b18-16+. The summed E-state index contributed by atoms with van der Waals surface area (Å²) < 4.78 is 10.6. The Bertz CT molecular complexity index is 1270. The SMILES string of the molecule is C/C(=C\c1ccc(C(=O)Oc2ccc(C(=N)N)cc2)cc1)C(=O)NC(C)COC(=O)c1ccccc1. The Labute approximate surface area is 209 Å². The fourth-order valence-electron chi connectivity index (χ4n) is 3.14. The van der Waals surface area contributed by atoms with Gasteiger partial charge in [0.25, 0.3) is 0 Å². The van der Waals surface area contributed by atoms with E-state index in [4.69, 9.17) is 20.6 Å². The molecule has 0 bridgehead atoms. The fourth-order valence-corrected chi connectivity index (χ4v) is 3.14. The van der Waals surface area contributed by atoms with E-state index in [9.17, 15) is 14.4 Å². The van der Waals surface area contributed by atoms with Crippen LogP contribution in [0.1, 0.15) is 45.7 Å². The number of esters is 2. The van der Waals surface area contributed by atoms with E-state index in [1.807, 2.05) is 6.07 Å². The van der Waals surface area contributed by atoms with Crippen molar-refractivity contribution in [2.45, 2.75) is 19.9 Å². The molecule has 1 amide bonds. The minimum Gasteiger partial charge on any atom is -0.460 e. The number of nitrogens with two attached hydrogens (primary N) is 1. The van der Waals surface area contributed by atoms with Gasteiger partial charge in [0.2, 0.25) is 5.91 Å². The largest absolute Gasteiger partial charge is 0.460 e. The van der Waals surface area contributed by atoms with Crippen LogP contribution < -0.4 is 15.8 Å². The van der Waals surface area contributed by atoms with E-state index in [1.54, 1.807) is 92.7 Å². The van der Waals surface area contributed by atoms with Crippen LogP contribution in [0.5, 0.6) is 5.75 Å². The highest BCUT2D eigenvalue weighted by Crippen LogP contribution is 2.15.